The van der Waals surface area contributed by atoms with Gasteiger partial charge in [0.05, 0.1) is 6.61 Å². The Labute approximate surface area is 203 Å². The highest BCUT2D eigenvalue weighted by Gasteiger charge is 2.33. The van der Waals surface area contributed by atoms with Gasteiger partial charge in [0.25, 0.3) is 0 Å². The molecule has 2 heterocycles. The lowest BCUT2D eigenvalue weighted by molar-refractivity contribution is -0.140. The fourth-order valence-corrected chi connectivity index (χ4v) is 5.83. The molecule has 182 valence electrons. The number of ether oxygens (including phenoxy) is 1. The Kier molecular flexibility index (Phi) is 7.98. The van der Waals surface area contributed by atoms with E-state index in [9.17, 15) is 9.59 Å². The molecule has 1 N–H and O–H groups in total. The zero-order valence-corrected chi connectivity index (χ0v) is 21.0. The quantitative estimate of drug-likeness (QED) is 0.658. The molecule has 2 unspecified atom stereocenters. The number of nitrogens with zero attached hydrogens (tertiary/aromatic N) is 2. The van der Waals surface area contributed by atoms with Crippen LogP contribution in [0.1, 0.15) is 57.1 Å². The number of halogens is 1. The Balaban J connectivity index is 1.38. The molecule has 1 saturated carbocycles. The molecule has 0 spiro atoms. The minimum Gasteiger partial charge on any atom is -0.381 e. The lowest BCUT2D eigenvalue weighted by Crippen LogP contribution is -2.54. The molecule has 3 atom stereocenters. The van der Waals surface area contributed by atoms with Crippen molar-refractivity contribution in [3.05, 3.63) is 28.3 Å². The highest BCUT2D eigenvalue weighted by molar-refractivity contribution is 6.31. The average molecular weight is 476 g/mol. The van der Waals surface area contributed by atoms with Gasteiger partial charge in [0.15, 0.2) is 0 Å². The van der Waals surface area contributed by atoms with Gasteiger partial charge in [0.2, 0.25) is 11.8 Å². The van der Waals surface area contributed by atoms with Gasteiger partial charge >= 0.3 is 0 Å². The lowest BCUT2D eigenvalue weighted by atomic mass is 9.92. The van der Waals surface area contributed by atoms with Crippen molar-refractivity contribution in [2.45, 2.75) is 65.5 Å². The Morgan fingerprint density at radius 3 is 2.64 bits per heavy atom. The van der Waals surface area contributed by atoms with Gasteiger partial charge in [0.1, 0.15) is 0 Å². The molecule has 2 aliphatic heterocycles. The van der Waals surface area contributed by atoms with Crippen LogP contribution in [0.3, 0.4) is 0 Å². The number of piperazine rings is 1. The standard InChI is InChI=1S/C26H38ClN3O3/c1-17-14-29(9-10-30(17)26(32)20-6-4-5-7-20)15-22-12-23(27)13-24(18(22)2)28-25(31)19(3)21-8-11-33-16-21/h12-13,17,19-21H,4-11,14-16H2,1-3H3,(H,28,31)/t17-,19?,21?/m0/s1. The van der Waals surface area contributed by atoms with Gasteiger partial charge in [-0.1, -0.05) is 31.4 Å². The molecule has 0 aromatic heterocycles. The maximum Gasteiger partial charge on any atom is 0.227 e. The van der Waals surface area contributed by atoms with Crippen LogP contribution in [0.15, 0.2) is 12.1 Å². The summed E-state index contributed by atoms with van der Waals surface area (Å²) in [6, 6.07) is 4.05. The van der Waals surface area contributed by atoms with Crippen molar-refractivity contribution in [3.8, 4) is 0 Å². The van der Waals surface area contributed by atoms with Gasteiger partial charge in [-0.25, -0.2) is 0 Å². The summed E-state index contributed by atoms with van der Waals surface area (Å²) < 4.78 is 5.45. The van der Waals surface area contributed by atoms with Crippen molar-refractivity contribution in [1.29, 1.82) is 0 Å². The summed E-state index contributed by atoms with van der Waals surface area (Å²) in [7, 11) is 0. The maximum absolute atomic E-state index is 12.9. The van der Waals surface area contributed by atoms with E-state index in [1.807, 2.05) is 26.0 Å². The summed E-state index contributed by atoms with van der Waals surface area (Å²) in [5.74, 6) is 0.785. The number of nitrogens with one attached hydrogen (secondary N) is 1. The van der Waals surface area contributed by atoms with E-state index in [4.69, 9.17) is 16.3 Å². The SMILES string of the molecule is Cc1c(CN2CCN(C(=O)C3CCCC3)[C@@H](C)C2)cc(Cl)cc1NC(=O)C(C)C1CCOC1. The third kappa shape index (κ3) is 5.72. The molecule has 7 heteroatoms. The van der Waals surface area contributed by atoms with Crippen LogP contribution >= 0.6 is 11.6 Å². The van der Waals surface area contributed by atoms with Crippen molar-refractivity contribution in [2.75, 3.05) is 38.2 Å². The van der Waals surface area contributed by atoms with Crippen molar-refractivity contribution >= 4 is 29.1 Å². The Bertz CT molecular complexity index is 865. The van der Waals surface area contributed by atoms with E-state index in [0.29, 0.717) is 17.5 Å². The molecule has 1 aromatic rings. The van der Waals surface area contributed by atoms with Gasteiger partial charge in [-0.3, -0.25) is 14.5 Å². The fraction of sp³-hybridized carbons (Fsp3) is 0.692. The first-order chi connectivity index (χ1) is 15.8. The monoisotopic (exact) mass is 475 g/mol. The van der Waals surface area contributed by atoms with Gasteiger partial charge in [0, 0.05) is 61.4 Å². The van der Waals surface area contributed by atoms with E-state index in [-0.39, 0.29) is 29.7 Å². The second-order valence-electron chi connectivity index (χ2n) is 10.2. The van der Waals surface area contributed by atoms with Crippen molar-refractivity contribution < 1.29 is 14.3 Å². The van der Waals surface area contributed by atoms with Crippen LogP contribution in [0, 0.1) is 24.7 Å². The summed E-state index contributed by atoms with van der Waals surface area (Å²) in [6.07, 6.45) is 5.40. The van der Waals surface area contributed by atoms with Crippen molar-refractivity contribution in [3.63, 3.8) is 0 Å². The molecule has 4 rings (SSSR count). The number of benzene rings is 1. The maximum atomic E-state index is 12.9. The minimum atomic E-state index is -0.0966. The molecule has 0 radical (unpaired) electrons. The predicted molar refractivity (Wildman–Crippen MR) is 131 cm³/mol. The van der Waals surface area contributed by atoms with Crippen LogP contribution in [-0.2, 0) is 20.9 Å². The van der Waals surface area contributed by atoms with E-state index < -0.39 is 0 Å². The van der Waals surface area contributed by atoms with Crippen LogP contribution in [-0.4, -0.2) is 60.5 Å². The highest BCUT2D eigenvalue weighted by Crippen LogP contribution is 2.30. The van der Waals surface area contributed by atoms with Crippen LogP contribution in [0.25, 0.3) is 0 Å². The number of carbonyl (C=O) groups excluding carboxylic acids is 2. The summed E-state index contributed by atoms with van der Waals surface area (Å²) in [5, 5.41) is 3.75. The predicted octanol–water partition coefficient (Wildman–Crippen LogP) is 4.48. The molecule has 1 aliphatic carbocycles. The van der Waals surface area contributed by atoms with E-state index in [0.717, 1.165) is 68.9 Å². The Morgan fingerprint density at radius 1 is 1.21 bits per heavy atom. The zero-order chi connectivity index (χ0) is 23.5. The number of hydrogen-bond donors (Lipinski definition) is 1. The zero-order valence-electron chi connectivity index (χ0n) is 20.2. The number of anilines is 1. The summed E-state index contributed by atoms with van der Waals surface area (Å²) >= 11 is 6.45. The third-order valence-electron chi connectivity index (χ3n) is 7.92. The summed E-state index contributed by atoms with van der Waals surface area (Å²) in [5.41, 5.74) is 2.97. The van der Waals surface area contributed by atoms with Crippen LogP contribution in [0.2, 0.25) is 5.02 Å². The first-order valence-electron chi connectivity index (χ1n) is 12.5. The van der Waals surface area contributed by atoms with Gasteiger partial charge in [-0.15, -0.1) is 0 Å². The number of hydrogen-bond acceptors (Lipinski definition) is 4. The summed E-state index contributed by atoms with van der Waals surface area (Å²) in [4.78, 5) is 30.3. The van der Waals surface area contributed by atoms with Gasteiger partial charge in [-0.05, 0) is 62.3 Å². The first-order valence-corrected chi connectivity index (χ1v) is 12.9. The Hall–Kier alpha value is -1.63. The molecule has 1 aromatic carbocycles. The van der Waals surface area contributed by atoms with Crippen molar-refractivity contribution in [2.24, 2.45) is 17.8 Å². The molecule has 0 bridgehead atoms. The smallest absolute Gasteiger partial charge is 0.227 e. The number of amides is 2. The van der Waals surface area contributed by atoms with Crippen LogP contribution < -0.4 is 5.32 Å². The van der Waals surface area contributed by atoms with E-state index in [1.165, 1.54) is 12.8 Å². The second kappa shape index (κ2) is 10.7. The molecule has 3 fully saturated rings. The first kappa shape index (κ1) is 24.5. The van der Waals surface area contributed by atoms with Gasteiger partial charge < -0.3 is 15.0 Å². The molecule has 2 amide bonds. The van der Waals surface area contributed by atoms with Crippen molar-refractivity contribution in [1.82, 2.24) is 9.80 Å². The molecule has 33 heavy (non-hydrogen) atoms. The molecule has 3 aliphatic rings. The number of rotatable bonds is 6. The topological polar surface area (TPSA) is 61.9 Å². The van der Waals surface area contributed by atoms with Gasteiger partial charge in [-0.2, -0.15) is 0 Å². The fourth-order valence-electron chi connectivity index (χ4n) is 5.59. The Morgan fingerprint density at radius 2 is 1.97 bits per heavy atom. The summed E-state index contributed by atoms with van der Waals surface area (Å²) in [6.45, 7) is 10.8. The number of carbonyl (C=O) groups is 2. The second-order valence-corrected chi connectivity index (χ2v) is 10.7. The van der Waals surface area contributed by atoms with E-state index in [1.54, 1.807) is 0 Å². The normalized spacial score (nSPS) is 25.4. The third-order valence-corrected chi connectivity index (χ3v) is 8.13. The van der Waals surface area contributed by atoms with Crippen LogP contribution in [0.4, 0.5) is 5.69 Å². The molecule has 2 saturated heterocycles. The molecular formula is C26H38ClN3O3. The average Bonchev–Trinajstić information content (AvgIpc) is 3.50. The van der Waals surface area contributed by atoms with E-state index in [2.05, 4.69) is 22.0 Å². The largest absolute Gasteiger partial charge is 0.381 e. The van der Waals surface area contributed by atoms with Crippen LogP contribution in [0.5, 0.6) is 0 Å². The molecular weight excluding hydrogens is 438 g/mol. The van der Waals surface area contributed by atoms with E-state index >= 15 is 0 Å². The lowest BCUT2D eigenvalue weighted by Gasteiger charge is -2.41. The highest BCUT2D eigenvalue weighted by atomic mass is 35.5. The molecule has 6 nitrogen and oxygen atoms in total. The minimum absolute atomic E-state index is 0.0227.